The lowest BCUT2D eigenvalue weighted by atomic mass is 9.97. The fraction of sp³-hybridized carbons (Fsp3) is 0.600. The van der Waals surface area contributed by atoms with E-state index in [2.05, 4.69) is 11.0 Å². The molecule has 0 radical (unpaired) electrons. The second-order valence-electron chi connectivity index (χ2n) is 5.34. The second kappa shape index (κ2) is 6.23. The Morgan fingerprint density at radius 1 is 1.21 bits per heavy atom. The minimum absolute atomic E-state index is 0.00838. The van der Waals surface area contributed by atoms with Crippen molar-refractivity contribution in [3.63, 3.8) is 0 Å². The lowest BCUT2D eigenvalue weighted by Gasteiger charge is -2.34. The molecule has 0 unspecified atom stereocenters. The van der Waals surface area contributed by atoms with Gasteiger partial charge in [-0.15, -0.1) is 0 Å². The monoisotopic (exact) mass is 281 g/mol. The molecule has 0 amide bonds. The molecule has 1 atom stereocenters. The van der Waals surface area contributed by atoms with Crippen LogP contribution in [0.25, 0.3) is 0 Å². The van der Waals surface area contributed by atoms with E-state index in [0.717, 1.165) is 37.9 Å². The highest BCUT2D eigenvalue weighted by Crippen LogP contribution is 2.26. The van der Waals surface area contributed by atoms with E-state index in [-0.39, 0.29) is 6.29 Å². The predicted molar refractivity (Wildman–Crippen MR) is 75.1 cm³/mol. The molecule has 104 valence electrons. The van der Waals surface area contributed by atoms with E-state index in [1.54, 1.807) is 0 Å². The summed E-state index contributed by atoms with van der Waals surface area (Å²) in [6, 6.07) is 8.09. The van der Waals surface area contributed by atoms with Crippen LogP contribution in [0.2, 0.25) is 5.02 Å². The number of hydrogen-bond acceptors (Lipinski definition) is 3. The van der Waals surface area contributed by atoms with E-state index >= 15 is 0 Å². The topological polar surface area (TPSA) is 21.7 Å². The summed E-state index contributed by atoms with van der Waals surface area (Å²) in [6.45, 7) is 4.57. The van der Waals surface area contributed by atoms with Crippen LogP contribution in [0.3, 0.4) is 0 Å². The lowest BCUT2D eigenvalue weighted by Crippen LogP contribution is -2.40. The second-order valence-corrected chi connectivity index (χ2v) is 5.75. The van der Waals surface area contributed by atoms with E-state index in [1.807, 2.05) is 18.2 Å². The van der Waals surface area contributed by atoms with Gasteiger partial charge in [0.1, 0.15) is 0 Å². The summed E-state index contributed by atoms with van der Waals surface area (Å²) >= 11 is 6.23. The Morgan fingerprint density at radius 3 is 2.79 bits per heavy atom. The molecular weight excluding hydrogens is 262 g/mol. The molecule has 19 heavy (non-hydrogen) atoms. The van der Waals surface area contributed by atoms with Gasteiger partial charge in [0.15, 0.2) is 6.29 Å². The maximum absolute atomic E-state index is 6.23. The Bertz CT molecular complexity index is 420. The van der Waals surface area contributed by atoms with Gasteiger partial charge in [0.2, 0.25) is 0 Å². The Labute approximate surface area is 119 Å². The van der Waals surface area contributed by atoms with Crippen molar-refractivity contribution < 1.29 is 9.47 Å². The van der Waals surface area contributed by atoms with Gasteiger partial charge >= 0.3 is 0 Å². The zero-order valence-corrected chi connectivity index (χ0v) is 11.8. The molecule has 0 spiro atoms. The molecule has 1 aromatic rings. The number of rotatable bonds is 3. The van der Waals surface area contributed by atoms with Crippen molar-refractivity contribution in [1.29, 1.82) is 0 Å². The molecule has 0 aromatic heterocycles. The summed E-state index contributed by atoms with van der Waals surface area (Å²) < 4.78 is 11.3. The third-order valence-electron chi connectivity index (χ3n) is 3.93. The van der Waals surface area contributed by atoms with Crippen LogP contribution in [0.15, 0.2) is 24.3 Å². The number of benzene rings is 1. The van der Waals surface area contributed by atoms with E-state index in [1.165, 1.54) is 18.4 Å². The van der Waals surface area contributed by atoms with Gasteiger partial charge in [-0.25, -0.2) is 0 Å². The number of halogens is 1. The average Bonchev–Trinajstić information content (AvgIpc) is 2.96. The predicted octanol–water partition coefficient (Wildman–Crippen LogP) is 2.92. The Balaban J connectivity index is 1.60. The molecule has 2 aliphatic rings. The summed E-state index contributed by atoms with van der Waals surface area (Å²) in [6.07, 6.45) is 2.41. The molecule has 3 nitrogen and oxygen atoms in total. The Kier molecular flexibility index (Phi) is 4.38. The smallest absolute Gasteiger partial charge is 0.161 e. The fourth-order valence-electron chi connectivity index (χ4n) is 2.97. The highest BCUT2D eigenvalue weighted by Gasteiger charge is 2.31. The summed E-state index contributed by atoms with van der Waals surface area (Å²) in [5.41, 5.74) is 1.21. The molecule has 3 rings (SSSR count). The first-order chi connectivity index (χ1) is 9.33. The molecule has 1 aromatic carbocycles. The van der Waals surface area contributed by atoms with Crippen LogP contribution in [0.1, 0.15) is 18.4 Å². The molecule has 2 aliphatic heterocycles. The molecule has 2 saturated heterocycles. The van der Waals surface area contributed by atoms with E-state index in [4.69, 9.17) is 21.1 Å². The summed E-state index contributed by atoms with van der Waals surface area (Å²) in [5.74, 6) is 0.499. The minimum atomic E-state index is 0.00838. The van der Waals surface area contributed by atoms with Crippen LogP contribution < -0.4 is 0 Å². The van der Waals surface area contributed by atoms with Crippen molar-refractivity contribution in [2.24, 2.45) is 5.92 Å². The molecule has 0 N–H and O–H groups in total. The highest BCUT2D eigenvalue weighted by molar-refractivity contribution is 6.31. The Hall–Kier alpha value is -0.610. The third kappa shape index (κ3) is 3.29. The summed E-state index contributed by atoms with van der Waals surface area (Å²) in [7, 11) is 0. The summed E-state index contributed by atoms with van der Waals surface area (Å²) in [4.78, 5) is 2.46. The number of piperidine rings is 1. The number of ether oxygens (including phenoxy) is 2. The minimum Gasteiger partial charge on any atom is -0.350 e. The molecular formula is C15H20ClNO2. The maximum Gasteiger partial charge on any atom is 0.161 e. The van der Waals surface area contributed by atoms with Crippen LogP contribution in [-0.4, -0.2) is 37.5 Å². The van der Waals surface area contributed by atoms with Crippen LogP contribution in [-0.2, 0) is 16.0 Å². The maximum atomic E-state index is 6.23. The highest BCUT2D eigenvalue weighted by atomic mass is 35.5. The van der Waals surface area contributed by atoms with Crippen molar-refractivity contribution in [3.05, 3.63) is 34.9 Å². The van der Waals surface area contributed by atoms with Crippen molar-refractivity contribution in [1.82, 2.24) is 4.90 Å². The van der Waals surface area contributed by atoms with Crippen molar-refractivity contribution in [2.45, 2.75) is 25.7 Å². The zero-order valence-electron chi connectivity index (χ0n) is 11.1. The first-order valence-corrected chi connectivity index (χ1v) is 7.40. The van der Waals surface area contributed by atoms with Crippen molar-refractivity contribution >= 4 is 11.6 Å². The first kappa shape index (κ1) is 13.4. The van der Waals surface area contributed by atoms with Crippen molar-refractivity contribution in [3.8, 4) is 0 Å². The third-order valence-corrected chi connectivity index (χ3v) is 4.29. The first-order valence-electron chi connectivity index (χ1n) is 7.02. The van der Waals surface area contributed by atoms with Crippen LogP contribution in [0.4, 0.5) is 0 Å². The van der Waals surface area contributed by atoms with Crippen LogP contribution in [0, 0.1) is 5.92 Å². The van der Waals surface area contributed by atoms with Gasteiger partial charge in [0, 0.05) is 24.0 Å². The van der Waals surface area contributed by atoms with Crippen molar-refractivity contribution in [2.75, 3.05) is 26.3 Å². The normalized spacial score (nSPS) is 25.8. The van der Waals surface area contributed by atoms with E-state index < -0.39 is 0 Å². The quantitative estimate of drug-likeness (QED) is 0.850. The largest absolute Gasteiger partial charge is 0.350 e. The lowest BCUT2D eigenvalue weighted by molar-refractivity contribution is -0.101. The van der Waals surface area contributed by atoms with Gasteiger partial charge in [-0.05, 0) is 31.0 Å². The molecule has 0 aliphatic carbocycles. The Morgan fingerprint density at radius 2 is 2.00 bits per heavy atom. The van der Waals surface area contributed by atoms with E-state index in [0.29, 0.717) is 5.92 Å². The van der Waals surface area contributed by atoms with Gasteiger partial charge in [-0.3, -0.25) is 4.90 Å². The number of nitrogens with zero attached hydrogens (tertiary/aromatic N) is 1. The van der Waals surface area contributed by atoms with Gasteiger partial charge in [-0.1, -0.05) is 29.8 Å². The SMILES string of the molecule is Clc1ccccc1CN1CCC[C@@H](C2OCCO2)C1. The van der Waals surface area contributed by atoms with Gasteiger partial charge in [-0.2, -0.15) is 0 Å². The molecule has 0 saturated carbocycles. The molecule has 2 heterocycles. The number of likely N-dealkylation sites (tertiary alicyclic amines) is 1. The molecule has 2 fully saturated rings. The fourth-order valence-corrected chi connectivity index (χ4v) is 3.17. The summed E-state index contributed by atoms with van der Waals surface area (Å²) in [5, 5.41) is 0.859. The van der Waals surface area contributed by atoms with E-state index in [9.17, 15) is 0 Å². The standard InChI is InChI=1S/C15H20ClNO2/c16-14-6-2-1-4-12(14)10-17-7-3-5-13(11-17)15-18-8-9-19-15/h1-2,4,6,13,15H,3,5,7-11H2/t13-/m1/s1. The van der Waals surface area contributed by atoms with Crippen LogP contribution in [0.5, 0.6) is 0 Å². The van der Waals surface area contributed by atoms with Gasteiger partial charge in [0.05, 0.1) is 13.2 Å². The molecule has 0 bridgehead atoms. The number of hydrogen-bond donors (Lipinski definition) is 0. The van der Waals surface area contributed by atoms with Crippen LogP contribution >= 0.6 is 11.6 Å². The average molecular weight is 282 g/mol. The zero-order chi connectivity index (χ0) is 13.1. The van der Waals surface area contributed by atoms with Gasteiger partial charge in [0.25, 0.3) is 0 Å². The molecule has 4 heteroatoms. The van der Waals surface area contributed by atoms with Gasteiger partial charge < -0.3 is 9.47 Å².